The second-order valence-corrected chi connectivity index (χ2v) is 6.84. The average molecular weight is 383 g/mol. The molecule has 0 spiro atoms. The van der Waals surface area contributed by atoms with Crippen LogP contribution in [0.2, 0.25) is 0 Å². The topological polar surface area (TPSA) is 54.0 Å². The molecule has 6 heteroatoms. The molecule has 1 amide bonds. The fourth-order valence-corrected chi connectivity index (χ4v) is 3.45. The highest BCUT2D eigenvalue weighted by Crippen LogP contribution is 2.28. The van der Waals surface area contributed by atoms with E-state index in [2.05, 4.69) is 27.2 Å². The minimum atomic E-state index is -0.0383. The summed E-state index contributed by atoms with van der Waals surface area (Å²) in [6, 6.07) is 15.3. The molecule has 2 aromatic rings. The standard InChI is InChI=1S/C22H29N3O3/c1-27-19-10-8-18(9-11-19)22(26)23-12-5-13-24-14-16-25(17-15-24)20-6-3-4-7-21(20)28-2/h3-4,6-11H,5,12-17H2,1-2H3,(H,23,26). The molecule has 1 saturated heterocycles. The molecule has 1 aliphatic rings. The number of carbonyl (C=O) groups excluding carboxylic acids is 1. The minimum absolute atomic E-state index is 0.0383. The van der Waals surface area contributed by atoms with Gasteiger partial charge in [-0.1, -0.05) is 12.1 Å². The number of hydrogen-bond donors (Lipinski definition) is 1. The van der Waals surface area contributed by atoms with Crippen molar-refractivity contribution in [3.63, 3.8) is 0 Å². The predicted octanol–water partition coefficient (Wildman–Crippen LogP) is 2.65. The second-order valence-electron chi connectivity index (χ2n) is 6.84. The van der Waals surface area contributed by atoms with Crippen molar-refractivity contribution in [2.45, 2.75) is 6.42 Å². The van der Waals surface area contributed by atoms with Crippen molar-refractivity contribution in [2.24, 2.45) is 0 Å². The van der Waals surface area contributed by atoms with Crippen molar-refractivity contribution in [3.8, 4) is 11.5 Å². The lowest BCUT2D eigenvalue weighted by Crippen LogP contribution is -2.47. The molecule has 28 heavy (non-hydrogen) atoms. The Kier molecular flexibility index (Phi) is 7.14. The third-order valence-electron chi connectivity index (χ3n) is 5.09. The fraction of sp³-hybridized carbons (Fsp3) is 0.409. The normalized spacial score (nSPS) is 14.6. The molecule has 0 saturated carbocycles. The summed E-state index contributed by atoms with van der Waals surface area (Å²) in [7, 11) is 3.33. The van der Waals surface area contributed by atoms with Gasteiger partial charge in [-0.3, -0.25) is 9.69 Å². The fourth-order valence-electron chi connectivity index (χ4n) is 3.45. The first-order valence-electron chi connectivity index (χ1n) is 9.74. The van der Waals surface area contributed by atoms with Crippen LogP contribution < -0.4 is 19.7 Å². The highest BCUT2D eigenvalue weighted by atomic mass is 16.5. The molecule has 0 aromatic heterocycles. The zero-order valence-corrected chi connectivity index (χ0v) is 16.7. The lowest BCUT2D eigenvalue weighted by molar-refractivity contribution is 0.0951. The summed E-state index contributed by atoms with van der Waals surface area (Å²) in [5, 5.41) is 2.99. The molecule has 1 N–H and O–H groups in total. The lowest BCUT2D eigenvalue weighted by atomic mass is 10.2. The van der Waals surface area contributed by atoms with Gasteiger partial charge in [0.05, 0.1) is 19.9 Å². The Morgan fingerprint density at radius 2 is 1.68 bits per heavy atom. The van der Waals surface area contributed by atoms with Crippen LogP contribution in [0.3, 0.4) is 0 Å². The van der Waals surface area contributed by atoms with Gasteiger partial charge >= 0.3 is 0 Å². The van der Waals surface area contributed by atoms with E-state index >= 15 is 0 Å². The number of nitrogens with zero attached hydrogens (tertiary/aromatic N) is 2. The van der Waals surface area contributed by atoms with E-state index in [0.29, 0.717) is 12.1 Å². The molecule has 1 aliphatic heterocycles. The van der Waals surface area contributed by atoms with Crippen molar-refractivity contribution in [1.29, 1.82) is 0 Å². The van der Waals surface area contributed by atoms with Crippen molar-refractivity contribution in [2.75, 3.05) is 58.4 Å². The monoisotopic (exact) mass is 383 g/mol. The Bertz CT molecular complexity index is 756. The summed E-state index contributed by atoms with van der Waals surface area (Å²) in [5.74, 6) is 1.64. The molecule has 150 valence electrons. The van der Waals surface area contributed by atoms with E-state index in [1.54, 1.807) is 38.5 Å². The number of methoxy groups -OCH3 is 2. The number of benzene rings is 2. The number of ether oxygens (including phenoxy) is 2. The number of rotatable bonds is 8. The Morgan fingerprint density at radius 3 is 2.36 bits per heavy atom. The van der Waals surface area contributed by atoms with Gasteiger partial charge in [0.1, 0.15) is 11.5 Å². The molecule has 0 unspecified atom stereocenters. The Labute approximate surface area is 167 Å². The maximum absolute atomic E-state index is 12.2. The van der Waals surface area contributed by atoms with Gasteiger partial charge in [-0.15, -0.1) is 0 Å². The Balaban J connectivity index is 1.37. The largest absolute Gasteiger partial charge is 0.497 e. The molecule has 0 bridgehead atoms. The summed E-state index contributed by atoms with van der Waals surface area (Å²) in [4.78, 5) is 17.0. The molecule has 6 nitrogen and oxygen atoms in total. The Hall–Kier alpha value is -2.73. The zero-order chi connectivity index (χ0) is 19.8. The van der Waals surface area contributed by atoms with Crippen LogP contribution in [-0.4, -0.2) is 64.3 Å². The number of para-hydroxylation sites is 2. The van der Waals surface area contributed by atoms with E-state index in [1.807, 2.05) is 12.1 Å². The van der Waals surface area contributed by atoms with Gasteiger partial charge in [0, 0.05) is 38.3 Å². The van der Waals surface area contributed by atoms with E-state index in [-0.39, 0.29) is 5.91 Å². The first-order valence-corrected chi connectivity index (χ1v) is 9.74. The van der Waals surface area contributed by atoms with Crippen molar-refractivity contribution in [1.82, 2.24) is 10.2 Å². The third kappa shape index (κ3) is 5.16. The van der Waals surface area contributed by atoms with E-state index in [4.69, 9.17) is 9.47 Å². The van der Waals surface area contributed by atoms with E-state index in [0.717, 1.165) is 56.3 Å². The summed E-state index contributed by atoms with van der Waals surface area (Å²) < 4.78 is 10.6. The van der Waals surface area contributed by atoms with Crippen molar-refractivity contribution >= 4 is 11.6 Å². The summed E-state index contributed by atoms with van der Waals surface area (Å²) in [6.07, 6.45) is 0.941. The van der Waals surface area contributed by atoms with Crippen molar-refractivity contribution < 1.29 is 14.3 Å². The highest BCUT2D eigenvalue weighted by Gasteiger charge is 2.19. The number of anilines is 1. The molecule has 0 atom stereocenters. The van der Waals surface area contributed by atoms with Gasteiger partial charge < -0.3 is 19.7 Å². The predicted molar refractivity (Wildman–Crippen MR) is 112 cm³/mol. The van der Waals surface area contributed by atoms with Crippen LogP contribution in [0.1, 0.15) is 16.8 Å². The number of hydrogen-bond acceptors (Lipinski definition) is 5. The molecule has 0 radical (unpaired) electrons. The first-order chi connectivity index (χ1) is 13.7. The molecule has 2 aromatic carbocycles. The molecule has 1 fully saturated rings. The second kappa shape index (κ2) is 9.99. The van der Waals surface area contributed by atoms with Crippen molar-refractivity contribution in [3.05, 3.63) is 54.1 Å². The lowest BCUT2D eigenvalue weighted by Gasteiger charge is -2.36. The Morgan fingerprint density at radius 1 is 0.964 bits per heavy atom. The SMILES string of the molecule is COc1ccc(C(=O)NCCCN2CCN(c3ccccc3OC)CC2)cc1. The number of amides is 1. The van der Waals surface area contributed by atoms with Crippen LogP contribution in [0.4, 0.5) is 5.69 Å². The van der Waals surface area contributed by atoms with Crippen LogP contribution in [-0.2, 0) is 0 Å². The van der Waals surface area contributed by atoms with Gasteiger partial charge in [-0.2, -0.15) is 0 Å². The van der Waals surface area contributed by atoms with Crippen LogP contribution in [0.25, 0.3) is 0 Å². The quantitative estimate of drug-likeness (QED) is 0.711. The highest BCUT2D eigenvalue weighted by molar-refractivity contribution is 5.94. The van der Waals surface area contributed by atoms with Crippen LogP contribution >= 0.6 is 0 Å². The molecule has 3 rings (SSSR count). The molecule has 1 heterocycles. The van der Waals surface area contributed by atoms with E-state index < -0.39 is 0 Å². The number of carbonyl (C=O) groups is 1. The molecule has 0 aliphatic carbocycles. The van der Waals surface area contributed by atoms with Crippen LogP contribution in [0.5, 0.6) is 11.5 Å². The average Bonchev–Trinajstić information content (AvgIpc) is 2.77. The number of piperazine rings is 1. The third-order valence-corrected chi connectivity index (χ3v) is 5.09. The molecular formula is C22H29N3O3. The summed E-state index contributed by atoms with van der Waals surface area (Å²) >= 11 is 0. The van der Waals surface area contributed by atoms with Gasteiger partial charge in [0.25, 0.3) is 5.91 Å². The smallest absolute Gasteiger partial charge is 0.251 e. The van der Waals surface area contributed by atoms with Gasteiger partial charge in [0.15, 0.2) is 0 Å². The summed E-state index contributed by atoms with van der Waals surface area (Å²) in [5.41, 5.74) is 1.82. The zero-order valence-electron chi connectivity index (χ0n) is 16.7. The first kappa shape index (κ1) is 20.0. The minimum Gasteiger partial charge on any atom is -0.497 e. The van der Waals surface area contributed by atoms with Gasteiger partial charge in [-0.05, 0) is 49.4 Å². The maximum Gasteiger partial charge on any atom is 0.251 e. The van der Waals surface area contributed by atoms with E-state index in [9.17, 15) is 4.79 Å². The summed E-state index contributed by atoms with van der Waals surface area (Å²) in [6.45, 7) is 5.67. The van der Waals surface area contributed by atoms with Crippen LogP contribution in [0.15, 0.2) is 48.5 Å². The molecular weight excluding hydrogens is 354 g/mol. The van der Waals surface area contributed by atoms with Gasteiger partial charge in [-0.25, -0.2) is 0 Å². The number of nitrogens with one attached hydrogen (secondary N) is 1. The van der Waals surface area contributed by atoms with E-state index in [1.165, 1.54) is 0 Å². The van der Waals surface area contributed by atoms with Gasteiger partial charge in [0.2, 0.25) is 0 Å². The van der Waals surface area contributed by atoms with Crippen LogP contribution in [0, 0.1) is 0 Å². The maximum atomic E-state index is 12.2.